The summed E-state index contributed by atoms with van der Waals surface area (Å²) in [6, 6.07) is 0. The van der Waals surface area contributed by atoms with Crippen molar-refractivity contribution in [3.63, 3.8) is 0 Å². The SMILES string of the molecule is CCCCCCCCCCC(C)[Se]CCNC=O. The molecule has 0 aromatic heterocycles. The second-order valence-corrected chi connectivity index (χ2v) is 8.26. The number of carbonyl (C=O) groups is 1. The third kappa shape index (κ3) is 14.1. The summed E-state index contributed by atoms with van der Waals surface area (Å²) in [6.07, 6.45) is 13.5. The van der Waals surface area contributed by atoms with Crippen LogP contribution < -0.4 is 5.32 Å². The van der Waals surface area contributed by atoms with E-state index in [0.29, 0.717) is 15.0 Å². The third-order valence-electron chi connectivity index (χ3n) is 3.20. The van der Waals surface area contributed by atoms with Gasteiger partial charge in [-0.1, -0.05) is 0 Å². The molecule has 1 atom stereocenters. The first-order valence-corrected chi connectivity index (χ1v) is 9.80. The van der Waals surface area contributed by atoms with Crippen molar-refractivity contribution in [1.29, 1.82) is 0 Å². The van der Waals surface area contributed by atoms with E-state index in [4.69, 9.17) is 0 Å². The third-order valence-corrected chi connectivity index (χ3v) is 5.81. The zero-order valence-corrected chi connectivity index (χ0v) is 14.0. The standard InChI is InChI=1S/C15H31NOSe/c1-3-4-5-6-7-8-9-10-11-15(2)18-13-12-16-14-17/h14-15H,3-13H2,1-2H3,(H,16,17). The van der Waals surface area contributed by atoms with Crippen molar-refractivity contribution in [1.82, 2.24) is 5.32 Å². The Bertz CT molecular complexity index is 176. The number of unbranched alkanes of at least 4 members (excludes halogenated alkanes) is 7. The molecule has 0 saturated heterocycles. The molecule has 0 rings (SSSR count). The van der Waals surface area contributed by atoms with E-state index in [-0.39, 0.29) is 0 Å². The van der Waals surface area contributed by atoms with E-state index in [0.717, 1.165) is 17.8 Å². The normalized spacial score (nSPS) is 12.3. The Morgan fingerprint density at radius 3 is 2.28 bits per heavy atom. The number of hydrogen-bond acceptors (Lipinski definition) is 1. The van der Waals surface area contributed by atoms with Crippen molar-refractivity contribution >= 4 is 21.4 Å². The summed E-state index contributed by atoms with van der Waals surface area (Å²) in [7, 11) is 0. The number of nitrogens with one attached hydrogen (secondary N) is 1. The van der Waals surface area contributed by atoms with E-state index >= 15 is 0 Å². The molecule has 0 saturated carbocycles. The van der Waals surface area contributed by atoms with E-state index in [9.17, 15) is 4.79 Å². The van der Waals surface area contributed by atoms with Gasteiger partial charge in [0.25, 0.3) is 0 Å². The van der Waals surface area contributed by atoms with Crippen molar-refractivity contribution in [2.24, 2.45) is 0 Å². The monoisotopic (exact) mass is 321 g/mol. The van der Waals surface area contributed by atoms with Crippen LogP contribution >= 0.6 is 0 Å². The van der Waals surface area contributed by atoms with Crippen molar-refractivity contribution in [2.45, 2.75) is 81.8 Å². The maximum atomic E-state index is 10.1. The number of carbonyl (C=O) groups excluding carboxylic acids is 1. The molecule has 2 nitrogen and oxygen atoms in total. The average molecular weight is 320 g/mol. The van der Waals surface area contributed by atoms with Crippen molar-refractivity contribution in [3.8, 4) is 0 Å². The average Bonchev–Trinajstić information content (AvgIpc) is 2.38. The summed E-state index contributed by atoms with van der Waals surface area (Å²) >= 11 is 0.705. The van der Waals surface area contributed by atoms with Gasteiger partial charge in [-0.2, -0.15) is 0 Å². The second-order valence-electron chi connectivity index (χ2n) is 5.02. The van der Waals surface area contributed by atoms with E-state index in [1.165, 1.54) is 63.1 Å². The molecule has 0 heterocycles. The summed E-state index contributed by atoms with van der Waals surface area (Å²) in [5, 5.41) is 3.92. The molecule has 1 N–H and O–H groups in total. The first-order valence-electron chi connectivity index (χ1n) is 7.60. The zero-order valence-electron chi connectivity index (χ0n) is 12.2. The van der Waals surface area contributed by atoms with Gasteiger partial charge in [-0.25, -0.2) is 0 Å². The molecule has 0 aliphatic heterocycles. The van der Waals surface area contributed by atoms with Crippen LogP contribution in [0, 0.1) is 0 Å². The van der Waals surface area contributed by atoms with Gasteiger partial charge in [-0.05, 0) is 0 Å². The van der Waals surface area contributed by atoms with Crippen molar-refractivity contribution in [3.05, 3.63) is 0 Å². The molecule has 1 unspecified atom stereocenters. The fraction of sp³-hybridized carbons (Fsp3) is 0.933. The molecular formula is C15H31NOSe. The fourth-order valence-corrected chi connectivity index (χ4v) is 4.07. The zero-order chi connectivity index (χ0) is 13.5. The Kier molecular flexibility index (Phi) is 15.0. The number of amides is 1. The Morgan fingerprint density at radius 1 is 1.06 bits per heavy atom. The summed E-state index contributed by atoms with van der Waals surface area (Å²) in [5.41, 5.74) is 0. The molecule has 18 heavy (non-hydrogen) atoms. The predicted octanol–water partition coefficient (Wildman–Crippen LogP) is 4.19. The fourth-order valence-electron chi connectivity index (χ4n) is 2.03. The molecule has 108 valence electrons. The number of hydrogen-bond donors (Lipinski definition) is 1. The Labute approximate surface area is 120 Å². The molecular weight excluding hydrogens is 289 g/mol. The van der Waals surface area contributed by atoms with E-state index in [1.54, 1.807) is 0 Å². The first kappa shape index (κ1) is 18.0. The molecule has 0 bridgehead atoms. The second kappa shape index (κ2) is 15.0. The van der Waals surface area contributed by atoms with Gasteiger partial charge < -0.3 is 0 Å². The predicted molar refractivity (Wildman–Crippen MR) is 81.3 cm³/mol. The van der Waals surface area contributed by atoms with Gasteiger partial charge in [-0.15, -0.1) is 0 Å². The van der Waals surface area contributed by atoms with Crippen molar-refractivity contribution < 1.29 is 4.79 Å². The van der Waals surface area contributed by atoms with E-state index < -0.39 is 0 Å². The minimum absolute atomic E-state index is 0.705. The van der Waals surface area contributed by atoms with Crippen LogP contribution in [0.25, 0.3) is 0 Å². The molecule has 0 fully saturated rings. The molecule has 3 heteroatoms. The Balaban J connectivity index is 3.10. The molecule has 0 spiro atoms. The van der Waals surface area contributed by atoms with Crippen LogP contribution in [0.1, 0.15) is 71.6 Å². The van der Waals surface area contributed by atoms with Crippen LogP contribution in [0.15, 0.2) is 0 Å². The summed E-state index contributed by atoms with van der Waals surface area (Å²) in [5.74, 6) is 0. The topological polar surface area (TPSA) is 29.1 Å². The van der Waals surface area contributed by atoms with Crippen LogP contribution in [0.3, 0.4) is 0 Å². The van der Waals surface area contributed by atoms with Crippen LogP contribution in [0.4, 0.5) is 0 Å². The van der Waals surface area contributed by atoms with Gasteiger partial charge in [-0.3, -0.25) is 0 Å². The molecule has 0 aliphatic carbocycles. The first-order chi connectivity index (χ1) is 8.81. The maximum absolute atomic E-state index is 10.1. The summed E-state index contributed by atoms with van der Waals surface area (Å²) in [6.45, 7) is 5.50. The molecule has 0 aromatic carbocycles. The van der Waals surface area contributed by atoms with Gasteiger partial charge in [0.05, 0.1) is 0 Å². The van der Waals surface area contributed by atoms with E-state index in [1.807, 2.05) is 0 Å². The molecule has 0 aromatic rings. The van der Waals surface area contributed by atoms with Gasteiger partial charge in [0.2, 0.25) is 0 Å². The van der Waals surface area contributed by atoms with E-state index in [2.05, 4.69) is 19.2 Å². The van der Waals surface area contributed by atoms with Crippen LogP contribution in [0.2, 0.25) is 10.1 Å². The summed E-state index contributed by atoms with van der Waals surface area (Å²) < 4.78 is 0. The Morgan fingerprint density at radius 2 is 1.67 bits per heavy atom. The van der Waals surface area contributed by atoms with Gasteiger partial charge in [0.1, 0.15) is 0 Å². The molecule has 0 aliphatic rings. The van der Waals surface area contributed by atoms with Gasteiger partial charge in [0, 0.05) is 0 Å². The molecule has 0 radical (unpaired) electrons. The molecule has 1 amide bonds. The van der Waals surface area contributed by atoms with Crippen LogP contribution in [-0.4, -0.2) is 27.9 Å². The summed E-state index contributed by atoms with van der Waals surface area (Å²) in [4.78, 5) is 11.0. The van der Waals surface area contributed by atoms with Crippen molar-refractivity contribution in [2.75, 3.05) is 6.54 Å². The minimum atomic E-state index is 0.705. The van der Waals surface area contributed by atoms with Gasteiger partial charge in [0.15, 0.2) is 0 Å². The van der Waals surface area contributed by atoms with Gasteiger partial charge >= 0.3 is 120 Å². The Hall–Kier alpha value is -0.0105. The van der Waals surface area contributed by atoms with Crippen LogP contribution in [-0.2, 0) is 4.79 Å². The number of rotatable bonds is 14. The quantitative estimate of drug-likeness (QED) is 0.290. The van der Waals surface area contributed by atoms with Crippen LogP contribution in [0.5, 0.6) is 0 Å².